The summed E-state index contributed by atoms with van der Waals surface area (Å²) in [6.07, 6.45) is 16.4. The topological polar surface area (TPSA) is 75.7 Å². The molecular weight excluding hydrogens is 320 g/mol. The Morgan fingerprint density at radius 2 is 1.16 bits per heavy atom. The number of carbonyl (C=O) groups excluding carboxylic acids is 2. The number of carbonyl (C=O) groups is 2. The van der Waals surface area contributed by atoms with Gasteiger partial charge in [-0.15, -0.1) is 0 Å². The molecule has 0 rings (SSSR count). The summed E-state index contributed by atoms with van der Waals surface area (Å²) in [6, 6.07) is 0. The van der Waals surface area contributed by atoms with Gasteiger partial charge in [0.05, 0.1) is 6.61 Å². The predicted octanol–water partition coefficient (Wildman–Crippen LogP) is 4.47. The standard InChI is InChI=1S/C20H38O5/c1-2-3-4-5-6-7-8-9-10-11-12-15-18-24-25-20(23)17-14-13-16-19(21)22/h2-18H2,1H3,(H,21,22)/p-1. The van der Waals surface area contributed by atoms with Gasteiger partial charge in [-0.3, -0.25) is 4.89 Å². The normalized spacial score (nSPS) is 10.8. The van der Waals surface area contributed by atoms with Gasteiger partial charge in [0, 0.05) is 12.4 Å². The molecule has 148 valence electrons. The molecule has 5 heteroatoms. The van der Waals surface area contributed by atoms with Crippen molar-refractivity contribution < 1.29 is 24.5 Å². The Morgan fingerprint density at radius 3 is 1.68 bits per heavy atom. The molecule has 0 aromatic heterocycles. The maximum atomic E-state index is 11.3. The van der Waals surface area contributed by atoms with Crippen molar-refractivity contribution in [1.82, 2.24) is 0 Å². The first-order chi connectivity index (χ1) is 12.2. The van der Waals surface area contributed by atoms with Gasteiger partial charge in [0.25, 0.3) is 0 Å². The van der Waals surface area contributed by atoms with Crippen molar-refractivity contribution >= 4 is 11.9 Å². The Labute approximate surface area is 153 Å². The lowest BCUT2D eigenvalue weighted by Crippen LogP contribution is -2.21. The first-order valence-electron chi connectivity index (χ1n) is 10.2. The van der Waals surface area contributed by atoms with E-state index in [1.54, 1.807) is 0 Å². The van der Waals surface area contributed by atoms with Crippen molar-refractivity contribution in [3.8, 4) is 0 Å². The SMILES string of the molecule is CCCCCCCCCCCCCCOOC(=O)CCCCC(=O)[O-]. The summed E-state index contributed by atoms with van der Waals surface area (Å²) >= 11 is 0. The minimum atomic E-state index is -1.09. The molecule has 0 spiro atoms. The second-order valence-electron chi connectivity index (χ2n) is 6.75. The first kappa shape index (κ1) is 23.9. The summed E-state index contributed by atoms with van der Waals surface area (Å²) in [4.78, 5) is 31.0. The zero-order chi connectivity index (χ0) is 18.6. The summed E-state index contributed by atoms with van der Waals surface area (Å²) in [5.74, 6) is -1.52. The van der Waals surface area contributed by atoms with Crippen LogP contribution >= 0.6 is 0 Å². The van der Waals surface area contributed by atoms with Gasteiger partial charge >= 0.3 is 5.97 Å². The fourth-order valence-corrected chi connectivity index (χ4v) is 2.69. The fourth-order valence-electron chi connectivity index (χ4n) is 2.69. The molecule has 0 aliphatic rings. The third-order valence-corrected chi connectivity index (χ3v) is 4.24. The van der Waals surface area contributed by atoms with Crippen LogP contribution in [0.5, 0.6) is 0 Å². The molecule has 0 atom stereocenters. The molecule has 0 saturated carbocycles. The number of aliphatic carboxylic acids is 1. The minimum Gasteiger partial charge on any atom is -0.550 e. The molecule has 25 heavy (non-hydrogen) atoms. The van der Waals surface area contributed by atoms with Gasteiger partial charge in [-0.1, -0.05) is 77.6 Å². The van der Waals surface area contributed by atoms with E-state index in [1.807, 2.05) is 0 Å². The third kappa shape index (κ3) is 20.9. The summed E-state index contributed by atoms with van der Waals surface area (Å²) < 4.78 is 0. The molecule has 0 saturated heterocycles. The lowest BCUT2D eigenvalue weighted by molar-refractivity contribution is -0.305. The smallest absolute Gasteiger partial charge is 0.342 e. The molecule has 0 fully saturated rings. The van der Waals surface area contributed by atoms with E-state index in [9.17, 15) is 14.7 Å². The van der Waals surface area contributed by atoms with E-state index in [0.717, 1.165) is 12.8 Å². The number of hydrogen-bond donors (Lipinski definition) is 0. The lowest BCUT2D eigenvalue weighted by atomic mass is 10.1. The number of unbranched alkanes of at least 4 members (excludes halogenated alkanes) is 12. The molecule has 0 aromatic carbocycles. The maximum Gasteiger partial charge on any atom is 0.342 e. The third-order valence-electron chi connectivity index (χ3n) is 4.24. The summed E-state index contributed by atoms with van der Waals surface area (Å²) in [5.41, 5.74) is 0. The van der Waals surface area contributed by atoms with Gasteiger partial charge in [0.15, 0.2) is 0 Å². The van der Waals surface area contributed by atoms with Crippen LogP contribution in [-0.2, 0) is 19.4 Å². The molecule has 0 aliphatic carbocycles. The highest BCUT2D eigenvalue weighted by Crippen LogP contribution is 2.12. The Morgan fingerprint density at radius 1 is 0.680 bits per heavy atom. The van der Waals surface area contributed by atoms with Crippen LogP contribution in [-0.4, -0.2) is 18.5 Å². The van der Waals surface area contributed by atoms with E-state index in [4.69, 9.17) is 4.89 Å². The first-order valence-corrected chi connectivity index (χ1v) is 10.2. The highest BCUT2D eigenvalue weighted by molar-refractivity contribution is 5.68. The van der Waals surface area contributed by atoms with E-state index in [1.165, 1.54) is 64.2 Å². The van der Waals surface area contributed by atoms with Crippen molar-refractivity contribution in [2.45, 2.75) is 110 Å². The highest BCUT2D eigenvalue weighted by atomic mass is 17.2. The molecular formula is C20H37O5-. The van der Waals surface area contributed by atoms with Crippen LogP contribution in [0.25, 0.3) is 0 Å². The van der Waals surface area contributed by atoms with Crippen molar-refractivity contribution in [1.29, 1.82) is 0 Å². The van der Waals surface area contributed by atoms with Gasteiger partial charge in [-0.05, 0) is 25.7 Å². The zero-order valence-corrected chi connectivity index (χ0v) is 16.1. The van der Waals surface area contributed by atoms with E-state index in [0.29, 0.717) is 19.4 Å². The van der Waals surface area contributed by atoms with Crippen LogP contribution in [0.3, 0.4) is 0 Å². The Kier molecular flexibility index (Phi) is 18.4. The highest BCUT2D eigenvalue weighted by Gasteiger charge is 2.03. The average Bonchev–Trinajstić information content (AvgIpc) is 2.59. The van der Waals surface area contributed by atoms with E-state index in [2.05, 4.69) is 11.8 Å². The maximum absolute atomic E-state index is 11.3. The molecule has 0 bridgehead atoms. The van der Waals surface area contributed by atoms with Crippen molar-refractivity contribution in [3.63, 3.8) is 0 Å². The van der Waals surface area contributed by atoms with Crippen molar-refractivity contribution in [2.24, 2.45) is 0 Å². The lowest BCUT2D eigenvalue weighted by Gasteiger charge is -2.05. The largest absolute Gasteiger partial charge is 0.550 e. The van der Waals surface area contributed by atoms with Crippen LogP contribution in [0.4, 0.5) is 0 Å². The molecule has 0 N–H and O–H groups in total. The predicted molar refractivity (Wildman–Crippen MR) is 96.6 cm³/mol. The van der Waals surface area contributed by atoms with Crippen molar-refractivity contribution in [3.05, 3.63) is 0 Å². The van der Waals surface area contributed by atoms with Gasteiger partial charge < -0.3 is 9.90 Å². The molecule has 0 unspecified atom stereocenters. The van der Waals surface area contributed by atoms with E-state index < -0.39 is 11.9 Å². The molecule has 0 radical (unpaired) electrons. The van der Waals surface area contributed by atoms with Crippen LogP contribution < -0.4 is 5.11 Å². The average molecular weight is 358 g/mol. The summed E-state index contributed by atoms with van der Waals surface area (Å²) in [5, 5.41) is 10.2. The Balaban J connectivity index is 3.13. The zero-order valence-electron chi connectivity index (χ0n) is 16.1. The van der Waals surface area contributed by atoms with Gasteiger partial charge in [-0.2, -0.15) is 4.89 Å². The van der Waals surface area contributed by atoms with E-state index >= 15 is 0 Å². The van der Waals surface area contributed by atoms with Crippen LogP contribution in [0.15, 0.2) is 0 Å². The summed E-state index contributed by atoms with van der Waals surface area (Å²) in [7, 11) is 0. The second kappa shape index (κ2) is 19.2. The van der Waals surface area contributed by atoms with Crippen molar-refractivity contribution in [2.75, 3.05) is 6.61 Å². The van der Waals surface area contributed by atoms with Gasteiger partial charge in [0.2, 0.25) is 0 Å². The summed E-state index contributed by atoms with van der Waals surface area (Å²) in [6.45, 7) is 2.68. The quantitative estimate of drug-likeness (QED) is 0.194. The monoisotopic (exact) mass is 357 g/mol. The molecule has 5 nitrogen and oxygen atoms in total. The van der Waals surface area contributed by atoms with Crippen LogP contribution in [0.2, 0.25) is 0 Å². The molecule has 0 heterocycles. The number of hydrogen-bond acceptors (Lipinski definition) is 5. The number of rotatable bonds is 19. The fraction of sp³-hybridized carbons (Fsp3) is 0.900. The minimum absolute atomic E-state index is 0.0208. The van der Waals surface area contributed by atoms with Gasteiger partial charge in [0.1, 0.15) is 0 Å². The molecule has 0 aliphatic heterocycles. The number of carboxylic acids is 1. The van der Waals surface area contributed by atoms with E-state index in [-0.39, 0.29) is 12.8 Å². The van der Waals surface area contributed by atoms with Crippen LogP contribution in [0.1, 0.15) is 110 Å². The Hall–Kier alpha value is -1.10. The Bertz CT molecular complexity index is 317. The van der Waals surface area contributed by atoms with Crippen LogP contribution in [0, 0.1) is 0 Å². The molecule has 0 amide bonds. The van der Waals surface area contributed by atoms with Gasteiger partial charge in [-0.25, -0.2) is 4.79 Å². The second-order valence-corrected chi connectivity index (χ2v) is 6.75. The molecule has 0 aromatic rings. The number of carboxylic acid groups (broad SMARTS) is 1.